The van der Waals surface area contributed by atoms with Crippen LogP contribution in [0.2, 0.25) is 19.1 Å². The number of unbranched alkanes of at least 4 members (excludes halogenated alkanes) is 1. The van der Waals surface area contributed by atoms with Gasteiger partial charge in [0.25, 0.3) is 0 Å². The summed E-state index contributed by atoms with van der Waals surface area (Å²) in [6, 6.07) is 1.16. The van der Waals surface area contributed by atoms with Gasteiger partial charge in [0.05, 0.1) is 19.4 Å². The van der Waals surface area contributed by atoms with Crippen LogP contribution in [0.25, 0.3) is 0 Å². The average molecular weight is 350 g/mol. The van der Waals surface area contributed by atoms with E-state index >= 15 is 0 Å². The van der Waals surface area contributed by atoms with Crippen LogP contribution in [0, 0.1) is 0 Å². The molecule has 2 N–H and O–H groups in total. The fourth-order valence-electron chi connectivity index (χ4n) is 3.11. The zero-order valence-corrected chi connectivity index (χ0v) is 16.5. The number of hydrogen-bond acceptors (Lipinski definition) is 6. The van der Waals surface area contributed by atoms with Crippen molar-refractivity contribution in [3.8, 4) is 0 Å². The Kier molecular flexibility index (Phi) is 9.21. The molecule has 5 atom stereocenters. The number of ether oxygens (including phenoxy) is 4. The lowest BCUT2D eigenvalue weighted by Crippen LogP contribution is -2.60. The zero-order valence-electron chi connectivity index (χ0n) is 15.5. The van der Waals surface area contributed by atoms with Gasteiger partial charge in [-0.25, -0.2) is 0 Å². The van der Waals surface area contributed by atoms with Crippen LogP contribution in [0.4, 0.5) is 0 Å². The predicted molar refractivity (Wildman–Crippen MR) is 93.0 cm³/mol. The van der Waals surface area contributed by atoms with Gasteiger partial charge in [-0.2, -0.15) is 0 Å². The van der Waals surface area contributed by atoms with Gasteiger partial charge in [0.1, 0.15) is 24.4 Å². The SMILES string of the molecule is CCCC[Si](C)(C)OCC1OC(C)C(OCN)C(OC)C1OC. The van der Waals surface area contributed by atoms with Crippen molar-refractivity contribution >= 4 is 8.32 Å². The van der Waals surface area contributed by atoms with E-state index in [1.54, 1.807) is 14.2 Å². The Hall–Kier alpha value is -0.0231. The van der Waals surface area contributed by atoms with Crippen LogP contribution < -0.4 is 5.73 Å². The second-order valence-electron chi connectivity index (χ2n) is 6.75. The molecule has 0 radical (unpaired) electrons. The van der Waals surface area contributed by atoms with E-state index in [0.29, 0.717) is 6.61 Å². The van der Waals surface area contributed by atoms with Gasteiger partial charge in [0, 0.05) is 14.2 Å². The topological polar surface area (TPSA) is 72.2 Å². The first kappa shape index (κ1) is 21.0. The van der Waals surface area contributed by atoms with Gasteiger partial charge in [0.15, 0.2) is 8.32 Å². The fourth-order valence-corrected chi connectivity index (χ4v) is 5.07. The highest BCUT2D eigenvalue weighted by Crippen LogP contribution is 2.28. The molecule has 0 spiro atoms. The van der Waals surface area contributed by atoms with Crippen LogP contribution in [0.1, 0.15) is 26.7 Å². The molecule has 6 nitrogen and oxygen atoms in total. The summed E-state index contributed by atoms with van der Waals surface area (Å²) in [6.07, 6.45) is 1.43. The summed E-state index contributed by atoms with van der Waals surface area (Å²) >= 11 is 0. The van der Waals surface area contributed by atoms with Gasteiger partial charge in [-0.3, -0.25) is 0 Å². The van der Waals surface area contributed by atoms with Gasteiger partial charge in [-0.15, -0.1) is 0 Å². The molecule has 0 aromatic carbocycles. The van der Waals surface area contributed by atoms with Crippen LogP contribution in [-0.2, 0) is 23.4 Å². The fraction of sp³-hybridized carbons (Fsp3) is 1.00. The number of rotatable bonds is 10. The van der Waals surface area contributed by atoms with Gasteiger partial charge >= 0.3 is 0 Å². The normalized spacial score (nSPS) is 32.2. The Morgan fingerprint density at radius 3 is 2.26 bits per heavy atom. The van der Waals surface area contributed by atoms with Crippen LogP contribution in [0.15, 0.2) is 0 Å². The lowest BCUT2D eigenvalue weighted by molar-refractivity contribution is -0.247. The van der Waals surface area contributed by atoms with Crippen molar-refractivity contribution in [3.63, 3.8) is 0 Å². The maximum atomic E-state index is 6.25. The molecule has 0 aliphatic carbocycles. The number of hydrogen-bond donors (Lipinski definition) is 1. The van der Waals surface area contributed by atoms with Crippen molar-refractivity contribution in [3.05, 3.63) is 0 Å². The summed E-state index contributed by atoms with van der Waals surface area (Å²) in [7, 11) is 1.67. The highest BCUT2D eigenvalue weighted by atomic mass is 28.4. The van der Waals surface area contributed by atoms with Crippen LogP contribution >= 0.6 is 0 Å². The largest absolute Gasteiger partial charge is 0.415 e. The van der Waals surface area contributed by atoms with E-state index in [1.165, 1.54) is 12.8 Å². The minimum Gasteiger partial charge on any atom is -0.415 e. The number of nitrogens with two attached hydrogens (primary N) is 1. The summed E-state index contributed by atoms with van der Waals surface area (Å²) in [6.45, 7) is 9.35. The van der Waals surface area contributed by atoms with E-state index in [9.17, 15) is 0 Å². The molecule has 1 heterocycles. The quantitative estimate of drug-likeness (QED) is 0.481. The standard InChI is InChI=1S/C16H35NO5Si/c1-7-8-9-23(5,6)21-10-13-15(18-3)16(19-4)14(20-11-17)12(2)22-13/h12-16H,7-11,17H2,1-6H3. The van der Waals surface area contributed by atoms with Gasteiger partial charge in [0.2, 0.25) is 0 Å². The van der Waals surface area contributed by atoms with Crippen molar-refractivity contribution < 1.29 is 23.4 Å². The van der Waals surface area contributed by atoms with Crippen molar-refractivity contribution in [1.82, 2.24) is 0 Å². The maximum Gasteiger partial charge on any atom is 0.186 e. The minimum absolute atomic E-state index is 0.121. The van der Waals surface area contributed by atoms with E-state index in [2.05, 4.69) is 20.0 Å². The minimum atomic E-state index is -1.66. The third-order valence-corrected chi connectivity index (χ3v) is 6.98. The Morgan fingerprint density at radius 1 is 1.09 bits per heavy atom. The summed E-state index contributed by atoms with van der Waals surface area (Å²) < 4.78 is 29.2. The third-order valence-electron chi connectivity index (χ3n) is 4.47. The monoisotopic (exact) mass is 349 g/mol. The molecule has 1 saturated heterocycles. The molecule has 0 aromatic heterocycles. The highest BCUT2D eigenvalue weighted by molar-refractivity contribution is 6.71. The highest BCUT2D eigenvalue weighted by Gasteiger charge is 2.46. The zero-order chi connectivity index (χ0) is 17.5. The first-order valence-corrected chi connectivity index (χ1v) is 11.7. The summed E-state index contributed by atoms with van der Waals surface area (Å²) in [5.74, 6) is 0. The molecule has 1 fully saturated rings. The average Bonchev–Trinajstić information content (AvgIpc) is 2.52. The molecule has 0 bridgehead atoms. The first-order valence-electron chi connectivity index (χ1n) is 8.56. The van der Waals surface area contributed by atoms with E-state index in [0.717, 1.165) is 6.04 Å². The second-order valence-corrected chi connectivity index (χ2v) is 11.1. The van der Waals surface area contributed by atoms with E-state index in [1.807, 2.05) is 6.92 Å². The molecule has 0 saturated carbocycles. The van der Waals surface area contributed by atoms with E-state index in [-0.39, 0.29) is 37.3 Å². The second kappa shape index (κ2) is 10.1. The van der Waals surface area contributed by atoms with Gasteiger partial charge in [-0.1, -0.05) is 19.8 Å². The number of methoxy groups -OCH3 is 2. The molecule has 138 valence electrons. The first-order chi connectivity index (χ1) is 10.9. The third kappa shape index (κ3) is 6.08. The van der Waals surface area contributed by atoms with Crippen LogP contribution in [-0.4, -0.2) is 66.4 Å². The van der Waals surface area contributed by atoms with E-state index < -0.39 is 8.32 Å². The Balaban J connectivity index is 2.70. The molecule has 1 aliphatic heterocycles. The lowest BCUT2D eigenvalue weighted by Gasteiger charge is -2.44. The Morgan fingerprint density at radius 2 is 1.74 bits per heavy atom. The Bertz CT molecular complexity index is 332. The molecule has 1 rings (SSSR count). The molecular weight excluding hydrogens is 314 g/mol. The van der Waals surface area contributed by atoms with Crippen molar-refractivity contribution in [2.24, 2.45) is 5.73 Å². The summed E-state index contributed by atoms with van der Waals surface area (Å²) in [5, 5.41) is 0. The van der Waals surface area contributed by atoms with Crippen LogP contribution in [0.3, 0.4) is 0 Å². The summed E-state index contributed by atoms with van der Waals surface area (Å²) in [4.78, 5) is 0. The van der Waals surface area contributed by atoms with E-state index in [4.69, 9.17) is 29.1 Å². The van der Waals surface area contributed by atoms with Crippen molar-refractivity contribution in [2.75, 3.05) is 27.6 Å². The smallest absolute Gasteiger partial charge is 0.186 e. The predicted octanol–water partition coefficient (Wildman–Crippen LogP) is 2.13. The summed E-state index contributed by atoms with van der Waals surface area (Å²) in [5.41, 5.74) is 5.53. The van der Waals surface area contributed by atoms with Crippen molar-refractivity contribution in [1.29, 1.82) is 0 Å². The maximum absolute atomic E-state index is 6.25. The lowest BCUT2D eigenvalue weighted by atomic mass is 9.95. The Labute approximate surface area is 142 Å². The van der Waals surface area contributed by atoms with Crippen molar-refractivity contribution in [2.45, 2.75) is 76.3 Å². The molecule has 0 aromatic rings. The molecule has 23 heavy (non-hydrogen) atoms. The molecular formula is C16H35NO5Si. The molecule has 7 heteroatoms. The molecule has 1 aliphatic rings. The molecule has 5 unspecified atom stereocenters. The molecule has 0 amide bonds. The van der Waals surface area contributed by atoms with Crippen LogP contribution in [0.5, 0.6) is 0 Å². The van der Waals surface area contributed by atoms with Gasteiger partial charge in [-0.05, 0) is 26.1 Å². The van der Waals surface area contributed by atoms with Gasteiger partial charge < -0.3 is 29.1 Å².